The second-order valence-electron chi connectivity index (χ2n) is 4.71. The fourth-order valence-corrected chi connectivity index (χ4v) is 2.38. The van der Waals surface area contributed by atoms with Crippen molar-refractivity contribution >= 4 is 17.5 Å². The molecule has 0 unspecified atom stereocenters. The fourth-order valence-electron chi connectivity index (χ4n) is 2.38. The topological polar surface area (TPSA) is 37.4 Å². The predicted octanol–water partition coefficient (Wildman–Crippen LogP) is 2.72. The van der Waals surface area contributed by atoms with Crippen LogP contribution in [-0.2, 0) is 11.2 Å². The largest absolute Gasteiger partial charge is 0.274 e. The molecule has 0 N–H and O–H groups in total. The first kappa shape index (κ1) is 11.7. The summed E-state index contributed by atoms with van der Waals surface area (Å²) in [6.07, 6.45) is 0.299. The van der Waals surface area contributed by atoms with Gasteiger partial charge in [-0.15, -0.1) is 0 Å². The number of imide groups is 1. The third-order valence-electron chi connectivity index (χ3n) is 3.29. The highest BCUT2D eigenvalue weighted by Crippen LogP contribution is 2.29. The van der Waals surface area contributed by atoms with Gasteiger partial charge in [-0.2, -0.15) is 0 Å². The molecule has 3 heteroatoms. The minimum atomic E-state index is -0.251. The van der Waals surface area contributed by atoms with Gasteiger partial charge in [-0.3, -0.25) is 9.59 Å². The van der Waals surface area contributed by atoms with Crippen molar-refractivity contribution in [2.24, 2.45) is 0 Å². The van der Waals surface area contributed by atoms with Crippen LogP contribution in [0, 0.1) is 6.92 Å². The van der Waals surface area contributed by atoms with Crippen LogP contribution in [0.25, 0.3) is 0 Å². The molecule has 1 aliphatic rings. The number of nitrogens with zero attached hydrogens (tertiary/aromatic N) is 1. The number of aryl methyl sites for hydroxylation is 1. The van der Waals surface area contributed by atoms with Gasteiger partial charge >= 0.3 is 0 Å². The quantitative estimate of drug-likeness (QED) is 0.731. The Kier molecular flexibility index (Phi) is 2.67. The summed E-state index contributed by atoms with van der Waals surface area (Å²) in [6.45, 7) is 1.93. The monoisotopic (exact) mass is 251 g/mol. The van der Waals surface area contributed by atoms with Crippen LogP contribution in [-0.4, -0.2) is 11.8 Å². The summed E-state index contributed by atoms with van der Waals surface area (Å²) < 4.78 is 0. The summed E-state index contributed by atoms with van der Waals surface area (Å²) in [4.78, 5) is 25.8. The molecule has 2 aromatic rings. The van der Waals surface area contributed by atoms with E-state index in [0.29, 0.717) is 17.7 Å². The van der Waals surface area contributed by atoms with E-state index in [4.69, 9.17) is 0 Å². The van der Waals surface area contributed by atoms with Crippen LogP contribution in [0.1, 0.15) is 21.5 Å². The van der Waals surface area contributed by atoms with Crippen molar-refractivity contribution in [3.05, 3.63) is 65.2 Å². The Morgan fingerprint density at radius 1 is 1.11 bits per heavy atom. The highest BCUT2D eigenvalue weighted by Gasteiger charge is 2.32. The standard InChI is InChI=1S/C16H13NO2/c1-11-5-4-7-13(9-11)16(19)17-14-8-3-2-6-12(14)10-15(17)18/h2-9H,10H2,1H3. The molecule has 94 valence electrons. The molecule has 2 amide bonds. The van der Waals surface area contributed by atoms with E-state index in [9.17, 15) is 9.59 Å². The Hall–Kier alpha value is -2.42. The van der Waals surface area contributed by atoms with Gasteiger partial charge in [0.25, 0.3) is 5.91 Å². The highest BCUT2D eigenvalue weighted by molar-refractivity contribution is 6.24. The van der Waals surface area contributed by atoms with Gasteiger partial charge in [-0.05, 0) is 30.7 Å². The molecule has 3 nitrogen and oxygen atoms in total. The molecule has 0 fully saturated rings. The van der Waals surface area contributed by atoms with Crippen LogP contribution in [0.2, 0.25) is 0 Å². The third-order valence-corrected chi connectivity index (χ3v) is 3.29. The minimum Gasteiger partial charge on any atom is -0.274 e. The lowest BCUT2D eigenvalue weighted by atomic mass is 10.1. The number of amides is 2. The molecule has 0 saturated heterocycles. The fraction of sp³-hybridized carbons (Fsp3) is 0.125. The van der Waals surface area contributed by atoms with Crippen LogP contribution in [0.4, 0.5) is 5.69 Å². The average Bonchev–Trinajstić information content (AvgIpc) is 2.74. The van der Waals surface area contributed by atoms with Crippen molar-refractivity contribution in [3.8, 4) is 0 Å². The Morgan fingerprint density at radius 3 is 2.68 bits per heavy atom. The Balaban J connectivity index is 2.03. The first-order valence-electron chi connectivity index (χ1n) is 6.18. The maximum Gasteiger partial charge on any atom is 0.265 e. The van der Waals surface area contributed by atoms with Gasteiger partial charge in [0.15, 0.2) is 0 Å². The van der Waals surface area contributed by atoms with E-state index in [2.05, 4.69) is 0 Å². The van der Waals surface area contributed by atoms with Gasteiger partial charge in [-0.25, -0.2) is 4.90 Å². The number of hydrogen-bond donors (Lipinski definition) is 0. The number of anilines is 1. The van der Waals surface area contributed by atoms with Gasteiger partial charge in [0.05, 0.1) is 12.1 Å². The molecule has 1 aliphatic heterocycles. The number of carbonyl (C=O) groups excluding carboxylic acids is 2. The molecule has 0 atom stereocenters. The summed E-state index contributed by atoms with van der Waals surface area (Å²) in [7, 11) is 0. The number of para-hydroxylation sites is 1. The lowest BCUT2D eigenvalue weighted by Crippen LogP contribution is -2.33. The molecule has 0 bridgehead atoms. The lowest BCUT2D eigenvalue weighted by Gasteiger charge is -2.15. The molecule has 19 heavy (non-hydrogen) atoms. The van der Waals surface area contributed by atoms with E-state index in [1.165, 1.54) is 4.90 Å². The van der Waals surface area contributed by atoms with Gasteiger partial charge in [0, 0.05) is 5.56 Å². The third kappa shape index (κ3) is 1.93. The van der Waals surface area contributed by atoms with Crippen LogP contribution < -0.4 is 4.90 Å². The van der Waals surface area contributed by atoms with Crippen molar-refractivity contribution in [1.82, 2.24) is 0 Å². The van der Waals surface area contributed by atoms with Crippen molar-refractivity contribution in [2.45, 2.75) is 13.3 Å². The molecule has 0 radical (unpaired) electrons. The second kappa shape index (κ2) is 4.35. The number of rotatable bonds is 1. The Bertz CT molecular complexity index is 676. The predicted molar refractivity (Wildman–Crippen MR) is 73.1 cm³/mol. The molecule has 0 aliphatic carbocycles. The molecule has 0 spiro atoms. The van der Waals surface area contributed by atoms with Crippen molar-refractivity contribution in [2.75, 3.05) is 4.90 Å². The van der Waals surface area contributed by atoms with Crippen LogP contribution >= 0.6 is 0 Å². The summed E-state index contributed by atoms with van der Waals surface area (Å²) in [5.74, 6) is -0.411. The first-order valence-corrected chi connectivity index (χ1v) is 6.18. The summed E-state index contributed by atoms with van der Waals surface area (Å²) in [5, 5.41) is 0. The molecular weight excluding hydrogens is 238 g/mol. The van der Waals surface area contributed by atoms with Gasteiger partial charge < -0.3 is 0 Å². The lowest BCUT2D eigenvalue weighted by molar-refractivity contribution is -0.116. The number of carbonyl (C=O) groups is 2. The van der Waals surface area contributed by atoms with Gasteiger partial charge in [0.2, 0.25) is 5.91 Å². The van der Waals surface area contributed by atoms with Crippen molar-refractivity contribution in [1.29, 1.82) is 0 Å². The summed E-state index contributed by atoms with van der Waals surface area (Å²) >= 11 is 0. The molecule has 2 aromatic carbocycles. The number of benzene rings is 2. The van der Waals surface area contributed by atoms with E-state index in [1.54, 1.807) is 12.1 Å². The molecule has 0 aromatic heterocycles. The zero-order valence-corrected chi connectivity index (χ0v) is 10.6. The minimum absolute atomic E-state index is 0.160. The van der Waals surface area contributed by atoms with E-state index >= 15 is 0 Å². The SMILES string of the molecule is Cc1cccc(C(=O)N2C(=O)Cc3ccccc32)c1. The average molecular weight is 251 g/mol. The Morgan fingerprint density at radius 2 is 1.89 bits per heavy atom. The van der Waals surface area contributed by atoms with Crippen molar-refractivity contribution in [3.63, 3.8) is 0 Å². The zero-order valence-electron chi connectivity index (χ0n) is 10.6. The summed E-state index contributed by atoms with van der Waals surface area (Å²) in [5.41, 5.74) is 3.17. The first-order chi connectivity index (χ1) is 9.16. The normalized spacial score (nSPS) is 13.5. The van der Waals surface area contributed by atoms with Gasteiger partial charge in [0.1, 0.15) is 0 Å². The smallest absolute Gasteiger partial charge is 0.265 e. The molecule has 0 saturated carbocycles. The van der Waals surface area contributed by atoms with Gasteiger partial charge in [-0.1, -0.05) is 35.9 Å². The van der Waals surface area contributed by atoms with Crippen LogP contribution in [0.15, 0.2) is 48.5 Å². The maximum absolute atomic E-state index is 12.5. The van der Waals surface area contributed by atoms with Crippen molar-refractivity contribution < 1.29 is 9.59 Å². The second-order valence-corrected chi connectivity index (χ2v) is 4.71. The van der Waals surface area contributed by atoms with E-state index in [1.807, 2.05) is 43.3 Å². The van der Waals surface area contributed by atoms with Crippen LogP contribution in [0.3, 0.4) is 0 Å². The Labute approximate surface area is 111 Å². The van der Waals surface area contributed by atoms with E-state index in [0.717, 1.165) is 11.1 Å². The van der Waals surface area contributed by atoms with Crippen LogP contribution in [0.5, 0.6) is 0 Å². The number of fused-ring (bicyclic) bond motifs is 1. The molecule has 1 heterocycles. The summed E-state index contributed by atoms with van der Waals surface area (Å²) in [6, 6.07) is 14.7. The zero-order chi connectivity index (χ0) is 13.4. The highest BCUT2D eigenvalue weighted by atomic mass is 16.2. The molecular formula is C16H13NO2. The number of hydrogen-bond acceptors (Lipinski definition) is 2. The van der Waals surface area contributed by atoms with E-state index in [-0.39, 0.29) is 11.8 Å². The molecule has 3 rings (SSSR count). The maximum atomic E-state index is 12.5. The van der Waals surface area contributed by atoms with E-state index < -0.39 is 0 Å².